The van der Waals surface area contributed by atoms with Gasteiger partial charge in [-0.1, -0.05) is 25.1 Å². The molecule has 0 spiro atoms. The lowest BCUT2D eigenvalue weighted by molar-refractivity contribution is 0.714. The topological polar surface area (TPSA) is 55.6 Å². The van der Waals surface area contributed by atoms with Crippen LogP contribution in [0.5, 0.6) is 0 Å². The van der Waals surface area contributed by atoms with Crippen LogP contribution in [-0.2, 0) is 7.05 Å². The van der Waals surface area contributed by atoms with Gasteiger partial charge in [0.2, 0.25) is 0 Å². The molecule has 0 radical (unpaired) electrons. The SMILES string of the molecule is CCC(Nc1cccc(-c2nnnn2C)c1)c1cccs1. The Morgan fingerprint density at radius 3 is 2.86 bits per heavy atom. The van der Waals surface area contributed by atoms with Crippen molar-refractivity contribution in [1.82, 2.24) is 20.2 Å². The van der Waals surface area contributed by atoms with E-state index in [1.165, 1.54) is 4.88 Å². The van der Waals surface area contributed by atoms with Gasteiger partial charge >= 0.3 is 0 Å². The van der Waals surface area contributed by atoms with E-state index in [-0.39, 0.29) is 0 Å². The minimum Gasteiger partial charge on any atom is -0.377 e. The number of thiophene rings is 1. The molecule has 0 bridgehead atoms. The molecule has 1 unspecified atom stereocenters. The number of hydrogen-bond donors (Lipinski definition) is 1. The van der Waals surface area contributed by atoms with Crippen molar-refractivity contribution in [3.63, 3.8) is 0 Å². The summed E-state index contributed by atoms with van der Waals surface area (Å²) in [7, 11) is 1.84. The number of benzene rings is 1. The van der Waals surface area contributed by atoms with Crippen LogP contribution in [0.2, 0.25) is 0 Å². The molecule has 0 aliphatic carbocycles. The Balaban J connectivity index is 1.85. The first-order valence-electron chi connectivity index (χ1n) is 6.90. The summed E-state index contributed by atoms with van der Waals surface area (Å²) in [5.74, 6) is 0.767. The number of anilines is 1. The highest BCUT2D eigenvalue weighted by atomic mass is 32.1. The van der Waals surface area contributed by atoms with E-state index in [1.807, 2.05) is 19.2 Å². The van der Waals surface area contributed by atoms with Gasteiger partial charge in [0.05, 0.1) is 6.04 Å². The van der Waals surface area contributed by atoms with Crippen molar-refractivity contribution in [3.8, 4) is 11.4 Å². The summed E-state index contributed by atoms with van der Waals surface area (Å²) in [5, 5.41) is 17.3. The second-order valence-corrected chi connectivity index (χ2v) is 5.81. The van der Waals surface area contributed by atoms with Crippen LogP contribution in [0.3, 0.4) is 0 Å². The van der Waals surface area contributed by atoms with Gasteiger partial charge in [0.25, 0.3) is 0 Å². The third kappa shape index (κ3) is 2.95. The summed E-state index contributed by atoms with van der Waals surface area (Å²) in [5.41, 5.74) is 2.09. The van der Waals surface area contributed by atoms with Gasteiger partial charge in [0, 0.05) is 23.2 Å². The van der Waals surface area contributed by atoms with Crippen molar-refractivity contribution in [1.29, 1.82) is 0 Å². The fourth-order valence-corrected chi connectivity index (χ4v) is 3.15. The lowest BCUT2D eigenvalue weighted by Gasteiger charge is -2.17. The molecule has 6 heteroatoms. The largest absolute Gasteiger partial charge is 0.377 e. The highest BCUT2D eigenvalue weighted by Gasteiger charge is 2.11. The minimum absolute atomic E-state index is 0.331. The monoisotopic (exact) mass is 299 g/mol. The highest BCUT2D eigenvalue weighted by molar-refractivity contribution is 7.10. The molecule has 0 amide bonds. The van der Waals surface area contributed by atoms with Gasteiger partial charge in [0.15, 0.2) is 5.82 Å². The van der Waals surface area contributed by atoms with E-state index in [4.69, 9.17) is 0 Å². The summed E-state index contributed by atoms with van der Waals surface area (Å²) in [6.45, 7) is 2.19. The van der Waals surface area contributed by atoms with Gasteiger partial charge in [-0.15, -0.1) is 16.4 Å². The molecular formula is C15H17N5S. The number of aryl methyl sites for hydroxylation is 1. The van der Waals surface area contributed by atoms with E-state index >= 15 is 0 Å². The van der Waals surface area contributed by atoms with Crippen LogP contribution in [0, 0.1) is 0 Å². The lowest BCUT2D eigenvalue weighted by Crippen LogP contribution is -2.08. The molecule has 0 saturated carbocycles. The first kappa shape index (κ1) is 13.8. The summed E-state index contributed by atoms with van der Waals surface area (Å²) >= 11 is 1.78. The zero-order valence-corrected chi connectivity index (χ0v) is 12.8. The number of rotatable bonds is 5. The van der Waals surface area contributed by atoms with Crippen molar-refractivity contribution in [2.75, 3.05) is 5.32 Å². The molecule has 0 saturated heterocycles. The zero-order valence-electron chi connectivity index (χ0n) is 12.0. The molecule has 2 aromatic heterocycles. The minimum atomic E-state index is 0.331. The van der Waals surface area contributed by atoms with Crippen LogP contribution in [0.15, 0.2) is 41.8 Å². The average molecular weight is 299 g/mol. The first-order chi connectivity index (χ1) is 10.3. The van der Waals surface area contributed by atoms with Crippen molar-refractivity contribution in [3.05, 3.63) is 46.7 Å². The van der Waals surface area contributed by atoms with Crippen molar-refractivity contribution < 1.29 is 0 Å². The molecule has 1 N–H and O–H groups in total. The number of nitrogens with zero attached hydrogens (tertiary/aromatic N) is 4. The smallest absolute Gasteiger partial charge is 0.181 e. The van der Waals surface area contributed by atoms with Crippen molar-refractivity contribution >= 4 is 17.0 Å². The van der Waals surface area contributed by atoms with Crippen LogP contribution < -0.4 is 5.32 Å². The maximum absolute atomic E-state index is 4.05. The van der Waals surface area contributed by atoms with Crippen LogP contribution in [0.25, 0.3) is 11.4 Å². The molecular weight excluding hydrogens is 282 g/mol. The van der Waals surface area contributed by atoms with Crippen molar-refractivity contribution in [2.24, 2.45) is 7.05 Å². The Labute approximate surface area is 127 Å². The van der Waals surface area contributed by atoms with Crippen LogP contribution >= 0.6 is 11.3 Å². The molecule has 1 aromatic carbocycles. The lowest BCUT2D eigenvalue weighted by atomic mass is 10.1. The molecule has 1 atom stereocenters. The second-order valence-electron chi connectivity index (χ2n) is 4.83. The molecule has 0 aliphatic rings. The second kappa shape index (κ2) is 6.05. The Kier molecular flexibility index (Phi) is 3.96. The highest BCUT2D eigenvalue weighted by Crippen LogP contribution is 2.27. The summed E-state index contributed by atoms with van der Waals surface area (Å²) in [4.78, 5) is 1.35. The summed E-state index contributed by atoms with van der Waals surface area (Å²) in [6.07, 6.45) is 1.04. The third-order valence-electron chi connectivity index (χ3n) is 3.38. The Morgan fingerprint density at radius 2 is 2.19 bits per heavy atom. The summed E-state index contributed by atoms with van der Waals surface area (Å²) < 4.78 is 1.68. The van der Waals surface area contributed by atoms with Gasteiger partial charge in [-0.25, -0.2) is 4.68 Å². The Bertz CT molecular complexity index is 704. The fourth-order valence-electron chi connectivity index (χ4n) is 2.29. The molecule has 3 aromatic rings. The summed E-state index contributed by atoms with van der Waals surface area (Å²) in [6, 6.07) is 12.8. The van der Waals surface area contributed by atoms with Gasteiger partial charge < -0.3 is 5.32 Å². The van der Waals surface area contributed by atoms with Gasteiger partial charge in [-0.05, 0) is 40.4 Å². The van der Waals surface area contributed by atoms with Crippen molar-refractivity contribution in [2.45, 2.75) is 19.4 Å². The predicted molar refractivity (Wildman–Crippen MR) is 85.2 cm³/mol. The molecule has 0 aliphatic heterocycles. The molecule has 2 heterocycles. The Hall–Kier alpha value is -2.21. The maximum atomic E-state index is 4.05. The number of nitrogens with one attached hydrogen (secondary N) is 1. The van der Waals surface area contributed by atoms with Crippen LogP contribution in [-0.4, -0.2) is 20.2 Å². The Morgan fingerprint density at radius 1 is 1.29 bits per heavy atom. The standard InChI is InChI=1S/C15H17N5S/c1-3-13(14-8-5-9-21-14)16-12-7-4-6-11(10-12)15-17-18-19-20(15)2/h4-10,13,16H,3H2,1-2H3. The van der Waals surface area contributed by atoms with Crippen LogP contribution in [0.4, 0.5) is 5.69 Å². The van der Waals surface area contributed by atoms with E-state index in [0.29, 0.717) is 6.04 Å². The van der Waals surface area contributed by atoms with E-state index < -0.39 is 0 Å². The normalized spacial score (nSPS) is 12.3. The molecule has 3 rings (SSSR count). The number of hydrogen-bond acceptors (Lipinski definition) is 5. The number of tetrazole rings is 1. The third-order valence-corrected chi connectivity index (χ3v) is 4.36. The quantitative estimate of drug-likeness (QED) is 0.783. The zero-order chi connectivity index (χ0) is 14.7. The maximum Gasteiger partial charge on any atom is 0.181 e. The molecule has 108 valence electrons. The van der Waals surface area contributed by atoms with Gasteiger partial charge in [0.1, 0.15) is 0 Å². The van der Waals surface area contributed by atoms with E-state index in [9.17, 15) is 0 Å². The first-order valence-corrected chi connectivity index (χ1v) is 7.78. The van der Waals surface area contributed by atoms with Gasteiger partial charge in [-0.2, -0.15) is 0 Å². The predicted octanol–water partition coefficient (Wildman–Crippen LogP) is 3.50. The molecule has 0 fully saturated rings. The molecule has 21 heavy (non-hydrogen) atoms. The fraction of sp³-hybridized carbons (Fsp3) is 0.267. The average Bonchev–Trinajstić information content (AvgIpc) is 3.16. The van der Waals surface area contributed by atoms with E-state index in [1.54, 1.807) is 16.0 Å². The molecule has 5 nitrogen and oxygen atoms in total. The van der Waals surface area contributed by atoms with Crippen LogP contribution in [0.1, 0.15) is 24.3 Å². The van der Waals surface area contributed by atoms with E-state index in [0.717, 1.165) is 23.5 Å². The number of aromatic nitrogens is 4. The van der Waals surface area contributed by atoms with Gasteiger partial charge in [-0.3, -0.25) is 0 Å². The van der Waals surface area contributed by atoms with E-state index in [2.05, 4.69) is 57.4 Å².